The van der Waals surface area contributed by atoms with E-state index < -0.39 is 18.0 Å². The summed E-state index contributed by atoms with van der Waals surface area (Å²) in [5, 5.41) is 8.62. The molecule has 0 aromatic heterocycles. The molecule has 0 rings (SSSR count). The van der Waals surface area contributed by atoms with Gasteiger partial charge in [0.2, 0.25) is 0 Å². The Morgan fingerprint density at radius 3 is 2.40 bits per heavy atom. The molecular weight excluding hydrogens is 256 g/mol. The van der Waals surface area contributed by atoms with E-state index in [4.69, 9.17) is 9.84 Å². The van der Waals surface area contributed by atoms with Crippen LogP contribution in [0.5, 0.6) is 0 Å². The quantitative estimate of drug-likeness (QED) is 0.378. The highest BCUT2D eigenvalue weighted by atomic mass is 16.5. The van der Waals surface area contributed by atoms with Gasteiger partial charge in [-0.25, -0.2) is 0 Å². The van der Waals surface area contributed by atoms with Crippen LogP contribution in [0.3, 0.4) is 0 Å². The van der Waals surface area contributed by atoms with Gasteiger partial charge in [-0.15, -0.1) is 0 Å². The van der Waals surface area contributed by atoms with E-state index in [1.807, 2.05) is 0 Å². The van der Waals surface area contributed by atoms with Crippen LogP contribution in [0, 0.1) is 11.8 Å². The molecule has 0 aliphatic rings. The van der Waals surface area contributed by atoms with Crippen LogP contribution in [0.2, 0.25) is 0 Å². The minimum Gasteiger partial charge on any atom is -0.481 e. The summed E-state index contributed by atoms with van der Waals surface area (Å²) in [7, 11) is 0. The predicted molar refractivity (Wildman–Crippen MR) is 78.2 cm³/mol. The maximum Gasteiger partial charge on any atom is 0.303 e. The fourth-order valence-electron chi connectivity index (χ4n) is 1.80. The van der Waals surface area contributed by atoms with Gasteiger partial charge in [0.25, 0.3) is 0 Å². The number of esters is 1. The topological polar surface area (TPSA) is 63.6 Å². The van der Waals surface area contributed by atoms with Crippen LogP contribution in [0.4, 0.5) is 0 Å². The molecule has 1 atom stereocenters. The largest absolute Gasteiger partial charge is 0.481 e. The number of hydrogen-bond acceptors (Lipinski definition) is 3. The Morgan fingerprint density at radius 2 is 1.80 bits per heavy atom. The normalized spacial score (nSPS) is 11.3. The molecule has 4 nitrogen and oxygen atoms in total. The van der Waals surface area contributed by atoms with Gasteiger partial charge in [0.15, 0.2) is 6.10 Å². The molecule has 0 fully saturated rings. The summed E-state index contributed by atoms with van der Waals surface area (Å²) >= 11 is 0. The molecule has 0 saturated heterocycles. The van der Waals surface area contributed by atoms with E-state index in [1.165, 1.54) is 39.0 Å². The summed E-state index contributed by atoms with van der Waals surface area (Å²) in [4.78, 5) is 21.4. The Balaban J connectivity index is 3.89. The van der Waals surface area contributed by atoms with E-state index in [-0.39, 0.29) is 12.8 Å². The van der Waals surface area contributed by atoms with Gasteiger partial charge in [-0.05, 0) is 6.42 Å². The summed E-state index contributed by atoms with van der Waals surface area (Å²) in [6.45, 7) is 3.50. The lowest BCUT2D eigenvalue weighted by molar-refractivity contribution is -0.146. The van der Waals surface area contributed by atoms with E-state index in [0.29, 0.717) is 0 Å². The molecule has 0 aliphatic carbocycles. The zero-order valence-corrected chi connectivity index (χ0v) is 12.6. The second-order valence-corrected chi connectivity index (χ2v) is 4.87. The number of carboxylic acid groups (broad SMARTS) is 1. The number of unbranched alkanes of at least 4 members (excludes halogenated alkanes) is 6. The SMILES string of the molecule is CCCCCCCCC#CC(CCC(=O)O)OC(C)=O. The fourth-order valence-corrected chi connectivity index (χ4v) is 1.80. The first-order valence-electron chi connectivity index (χ1n) is 7.43. The molecule has 4 heteroatoms. The molecule has 114 valence electrons. The Labute approximate surface area is 121 Å². The van der Waals surface area contributed by atoms with E-state index in [9.17, 15) is 9.59 Å². The van der Waals surface area contributed by atoms with E-state index in [2.05, 4.69) is 18.8 Å². The van der Waals surface area contributed by atoms with Crippen molar-refractivity contribution >= 4 is 11.9 Å². The smallest absolute Gasteiger partial charge is 0.303 e. The summed E-state index contributed by atoms with van der Waals surface area (Å²) in [6, 6.07) is 0. The Kier molecular flexibility index (Phi) is 11.6. The van der Waals surface area contributed by atoms with Gasteiger partial charge in [-0.2, -0.15) is 0 Å². The zero-order chi connectivity index (χ0) is 15.2. The first kappa shape index (κ1) is 18.5. The van der Waals surface area contributed by atoms with E-state index >= 15 is 0 Å². The highest BCUT2D eigenvalue weighted by molar-refractivity contribution is 5.68. The van der Waals surface area contributed by atoms with Crippen molar-refractivity contribution in [3.05, 3.63) is 0 Å². The second-order valence-electron chi connectivity index (χ2n) is 4.87. The van der Waals surface area contributed by atoms with Crippen molar-refractivity contribution in [2.24, 2.45) is 0 Å². The van der Waals surface area contributed by atoms with Gasteiger partial charge in [-0.3, -0.25) is 9.59 Å². The highest BCUT2D eigenvalue weighted by Gasteiger charge is 2.10. The number of carbonyl (C=O) groups excluding carboxylic acids is 1. The van der Waals surface area contributed by atoms with E-state index in [1.54, 1.807) is 0 Å². The monoisotopic (exact) mass is 282 g/mol. The summed E-state index contributed by atoms with van der Waals surface area (Å²) in [6.07, 6.45) is 7.65. The lowest BCUT2D eigenvalue weighted by Gasteiger charge is -2.09. The van der Waals surface area contributed by atoms with E-state index in [0.717, 1.165) is 12.8 Å². The van der Waals surface area contributed by atoms with Crippen LogP contribution in [-0.4, -0.2) is 23.1 Å². The Hall–Kier alpha value is -1.50. The van der Waals surface area contributed by atoms with Gasteiger partial charge in [0, 0.05) is 26.2 Å². The number of carbonyl (C=O) groups is 2. The number of aliphatic carboxylic acids is 1. The third kappa shape index (κ3) is 12.9. The molecule has 1 N–H and O–H groups in total. The highest BCUT2D eigenvalue weighted by Crippen LogP contribution is 2.07. The maximum atomic E-state index is 10.9. The molecule has 0 saturated carbocycles. The molecular formula is C16H26O4. The zero-order valence-electron chi connectivity index (χ0n) is 12.6. The standard InChI is InChI=1S/C16H26O4/c1-3-4-5-6-7-8-9-10-11-15(20-14(2)17)12-13-16(18)19/h15H,3-9,12-13H2,1-2H3,(H,18,19). The summed E-state index contributed by atoms with van der Waals surface area (Å²) < 4.78 is 4.98. The van der Waals surface area contributed by atoms with Crippen LogP contribution in [0.1, 0.15) is 71.6 Å². The van der Waals surface area contributed by atoms with Gasteiger partial charge in [0.05, 0.1) is 0 Å². The maximum absolute atomic E-state index is 10.9. The minimum atomic E-state index is -0.903. The van der Waals surface area contributed by atoms with Crippen molar-refractivity contribution in [1.29, 1.82) is 0 Å². The first-order chi connectivity index (χ1) is 9.56. The third-order valence-corrected chi connectivity index (χ3v) is 2.85. The molecule has 0 heterocycles. The fraction of sp³-hybridized carbons (Fsp3) is 0.750. The molecule has 0 bridgehead atoms. The molecule has 0 spiro atoms. The van der Waals surface area contributed by atoms with Gasteiger partial charge < -0.3 is 9.84 Å². The minimum absolute atomic E-state index is 0.0381. The van der Waals surface area contributed by atoms with Crippen molar-refractivity contribution < 1.29 is 19.4 Å². The average molecular weight is 282 g/mol. The van der Waals surface area contributed by atoms with Crippen LogP contribution in [0.15, 0.2) is 0 Å². The van der Waals surface area contributed by atoms with Crippen LogP contribution >= 0.6 is 0 Å². The lowest BCUT2D eigenvalue weighted by atomic mass is 10.1. The lowest BCUT2D eigenvalue weighted by Crippen LogP contribution is -2.15. The third-order valence-electron chi connectivity index (χ3n) is 2.85. The van der Waals surface area contributed by atoms with Crippen molar-refractivity contribution in [3.63, 3.8) is 0 Å². The molecule has 0 aromatic rings. The van der Waals surface area contributed by atoms with Crippen molar-refractivity contribution in [3.8, 4) is 11.8 Å². The van der Waals surface area contributed by atoms with Gasteiger partial charge in [0.1, 0.15) is 0 Å². The van der Waals surface area contributed by atoms with Gasteiger partial charge in [-0.1, -0.05) is 50.9 Å². The predicted octanol–water partition coefficient (Wildman–Crippen LogP) is 3.54. The Bertz CT molecular complexity index is 338. The average Bonchev–Trinajstić information content (AvgIpc) is 2.38. The molecule has 0 radical (unpaired) electrons. The van der Waals surface area contributed by atoms with Crippen LogP contribution in [0.25, 0.3) is 0 Å². The number of hydrogen-bond donors (Lipinski definition) is 1. The number of carboxylic acids is 1. The molecule has 1 unspecified atom stereocenters. The second kappa shape index (κ2) is 12.5. The molecule has 0 amide bonds. The van der Waals surface area contributed by atoms with Crippen molar-refractivity contribution in [2.75, 3.05) is 0 Å². The first-order valence-corrected chi connectivity index (χ1v) is 7.43. The van der Waals surface area contributed by atoms with Crippen LogP contribution < -0.4 is 0 Å². The number of rotatable bonds is 10. The molecule has 0 aliphatic heterocycles. The van der Waals surface area contributed by atoms with Crippen LogP contribution in [-0.2, 0) is 14.3 Å². The summed E-state index contributed by atoms with van der Waals surface area (Å²) in [5.74, 6) is 4.51. The molecule has 20 heavy (non-hydrogen) atoms. The van der Waals surface area contributed by atoms with Gasteiger partial charge >= 0.3 is 11.9 Å². The van der Waals surface area contributed by atoms with Crippen molar-refractivity contribution in [1.82, 2.24) is 0 Å². The Morgan fingerprint density at radius 1 is 1.15 bits per heavy atom. The van der Waals surface area contributed by atoms with Crippen molar-refractivity contribution in [2.45, 2.75) is 77.7 Å². The molecule has 0 aromatic carbocycles. The number of ether oxygens (including phenoxy) is 1. The summed E-state index contributed by atoms with van der Waals surface area (Å²) in [5.41, 5.74) is 0.